The van der Waals surface area contributed by atoms with Crippen LogP contribution in [0.5, 0.6) is 0 Å². The van der Waals surface area contributed by atoms with Crippen molar-refractivity contribution in [3.05, 3.63) is 52.2 Å². The molecule has 2 heterocycles. The third-order valence-corrected chi connectivity index (χ3v) is 8.07. The third kappa shape index (κ3) is 4.87. The molecule has 1 aromatic carbocycles. The van der Waals surface area contributed by atoms with Gasteiger partial charge in [0.2, 0.25) is 15.7 Å². The van der Waals surface area contributed by atoms with Crippen molar-refractivity contribution in [2.24, 2.45) is 0 Å². The Morgan fingerprint density at radius 3 is 2.57 bits per heavy atom. The van der Waals surface area contributed by atoms with Crippen molar-refractivity contribution < 1.29 is 17.6 Å². The summed E-state index contributed by atoms with van der Waals surface area (Å²) in [5.41, 5.74) is 6.26. The molecule has 0 bridgehead atoms. The highest BCUT2D eigenvalue weighted by Crippen LogP contribution is 2.32. The molecular formula is C16H12BrFN4O3S3. The van der Waals surface area contributed by atoms with Crippen molar-refractivity contribution >= 4 is 66.3 Å². The smallest absolute Gasteiger partial charge is 0.234 e. The fourth-order valence-electron chi connectivity index (χ4n) is 2.05. The molecule has 0 radical (unpaired) electrons. The van der Waals surface area contributed by atoms with Gasteiger partial charge < -0.3 is 11.1 Å². The summed E-state index contributed by atoms with van der Waals surface area (Å²) < 4.78 is 38.9. The van der Waals surface area contributed by atoms with Gasteiger partial charge in [0.15, 0.2) is 5.16 Å². The quantitative estimate of drug-likeness (QED) is 0.390. The summed E-state index contributed by atoms with van der Waals surface area (Å²) in [6.07, 6.45) is 1.13. The molecule has 0 aliphatic carbocycles. The predicted molar refractivity (Wildman–Crippen MR) is 110 cm³/mol. The number of benzene rings is 1. The van der Waals surface area contributed by atoms with E-state index in [0.29, 0.717) is 9.47 Å². The first kappa shape index (κ1) is 20.7. The fourth-order valence-corrected chi connectivity index (χ4v) is 6.07. The third-order valence-electron chi connectivity index (χ3n) is 3.32. The number of hydrogen-bond donors (Lipinski definition) is 2. The van der Waals surface area contributed by atoms with Gasteiger partial charge in [-0.1, -0.05) is 11.8 Å². The zero-order chi connectivity index (χ0) is 20.3. The second-order valence-electron chi connectivity index (χ2n) is 5.31. The number of amides is 1. The standard InChI is InChI=1S/C16H12BrFN4O3S3/c17-12-5-6-14(27-12)28(24,25)11-7-20-16(22-15(11)19)26-8-13(23)21-10-3-1-9(18)2-4-10/h1-7H,8H2,(H,21,23)(H2,19,20,22). The predicted octanol–water partition coefficient (Wildman–Crippen LogP) is 3.59. The molecule has 0 fully saturated rings. The Morgan fingerprint density at radius 2 is 1.96 bits per heavy atom. The number of nitrogen functional groups attached to an aromatic ring is 1. The summed E-state index contributed by atoms with van der Waals surface area (Å²) in [6, 6.07) is 8.43. The molecule has 0 saturated heterocycles. The van der Waals surface area contributed by atoms with Crippen LogP contribution < -0.4 is 11.1 Å². The average molecular weight is 503 g/mol. The number of nitrogens with one attached hydrogen (secondary N) is 1. The molecule has 0 atom stereocenters. The zero-order valence-electron chi connectivity index (χ0n) is 13.9. The van der Waals surface area contributed by atoms with E-state index in [1.807, 2.05) is 0 Å². The highest BCUT2D eigenvalue weighted by molar-refractivity contribution is 9.11. The minimum absolute atomic E-state index is 0.0270. The number of nitrogens with zero attached hydrogens (tertiary/aromatic N) is 2. The summed E-state index contributed by atoms with van der Waals surface area (Å²) >= 11 is 5.27. The van der Waals surface area contributed by atoms with E-state index in [4.69, 9.17) is 5.73 Å². The summed E-state index contributed by atoms with van der Waals surface area (Å²) in [5, 5.41) is 2.77. The largest absolute Gasteiger partial charge is 0.382 e. The monoisotopic (exact) mass is 502 g/mol. The van der Waals surface area contributed by atoms with E-state index in [-0.39, 0.29) is 31.7 Å². The molecule has 0 aliphatic heterocycles. The van der Waals surface area contributed by atoms with Crippen LogP contribution in [0.1, 0.15) is 0 Å². The Balaban J connectivity index is 1.67. The molecule has 0 unspecified atom stereocenters. The Labute approximate surface area is 176 Å². The number of thioether (sulfide) groups is 1. The van der Waals surface area contributed by atoms with Crippen molar-refractivity contribution in [1.29, 1.82) is 0 Å². The molecular weight excluding hydrogens is 491 g/mol. The molecule has 3 aromatic rings. The van der Waals surface area contributed by atoms with Gasteiger partial charge in [0.25, 0.3) is 0 Å². The van der Waals surface area contributed by atoms with Gasteiger partial charge in [-0.25, -0.2) is 22.8 Å². The second kappa shape index (κ2) is 8.55. The maximum Gasteiger partial charge on any atom is 0.234 e. The zero-order valence-corrected chi connectivity index (χ0v) is 18.0. The number of rotatable bonds is 6. The number of thiophene rings is 1. The van der Waals surface area contributed by atoms with Crippen molar-refractivity contribution in [2.75, 3.05) is 16.8 Å². The van der Waals surface area contributed by atoms with E-state index in [2.05, 4.69) is 31.2 Å². The van der Waals surface area contributed by atoms with Gasteiger partial charge in [0.05, 0.1) is 15.7 Å². The van der Waals surface area contributed by atoms with Gasteiger partial charge in [-0.05, 0) is 52.3 Å². The summed E-state index contributed by atoms with van der Waals surface area (Å²) in [6.45, 7) is 0. The van der Waals surface area contributed by atoms with Crippen LogP contribution in [0.4, 0.5) is 15.9 Å². The van der Waals surface area contributed by atoms with Gasteiger partial charge in [0.1, 0.15) is 20.7 Å². The van der Waals surface area contributed by atoms with Crippen molar-refractivity contribution in [2.45, 2.75) is 14.3 Å². The number of halogens is 2. The average Bonchev–Trinajstić information content (AvgIpc) is 3.09. The number of aromatic nitrogens is 2. The van der Waals surface area contributed by atoms with Crippen molar-refractivity contribution in [3.63, 3.8) is 0 Å². The Morgan fingerprint density at radius 1 is 1.25 bits per heavy atom. The number of carbonyl (C=O) groups is 1. The van der Waals surface area contributed by atoms with E-state index in [1.165, 1.54) is 30.3 Å². The van der Waals surface area contributed by atoms with E-state index in [1.54, 1.807) is 6.07 Å². The molecule has 3 rings (SSSR count). The van der Waals surface area contributed by atoms with Crippen LogP contribution in [0.2, 0.25) is 0 Å². The maximum absolute atomic E-state index is 12.9. The maximum atomic E-state index is 12.9. The van der Waals surface area contributed by atoms with Crippen LogP contribution in [0, 0.1) is 5.82 Å². The summed E-state index contributed by atoms with van der Waals surface area (Å²) in [4.78, 5) is 19.7. The summed E-state index contributed by atoms with van der Waals surface area (Å²) in [5.74, 6) is -0.970. The molecule has 1 amide bonds. The van der Waals surface area contributed by atoms with Crippen molar-refractivity contribution in [1.82, 2.24) is 9.97 Å². The summed E-state index contributed by atoms with van der Waals surface area (Å²) in [7, 11) is -3.82. The van der Waals surface area contributed by atoms with Gasteiger partial charge >= 0.3 is 0 Å². The van der Waals surface area contributed by atoms with E-state index >= 15 is 0 Å². The lowest BCUT2D eigenvalue weighted by atomic mass is 10.3. The van der Waals surface area contributed by atoms with E-state index in [0.717, 1.165) is 29.3 Å². The first-order chi connectivity index (χ1) is 13.3. The van der Waals surface area contributed by atoms with Gasteiger partial charge in [0, 0.05) is 5.69 Å². The van der Waals surface area contributed by atoms with Gasteiger partial charge in [-0.15, -0.1) is 11.3 Å². The Hall–Kier alpha value is -2.02. The SMILES string of the molecule is Nc1nc(SCC(=O)Nc2ccc(F)cc2)ncc1S(=O)(=O)c1ccc(Br)s1. The lowest BCUT2D eigenvalue weighted by Crippen LogP contribution is -2.14. The van der Waals surface area contributed by atoms with Crippen LogP contribution in [0.25, 0.3) is 0 Å². The highest BCUT2D eigenvalue weighted by Gasteiger charge is 2.24. The van der Waals surface area contributed by atoms with E-state index in [9.17, 15) is 17.6 Å². The molecule has 3 N–H and O–H groups in total. The van der Waals surface area contributed by atoms with Crippen LogP contribution >= 0.6 is 39.0 Å². The van der Waals surface area contributed by atoms with Crippen LogP contribution in [-0.4, -0.2) is 30.0 Å². The van der Waals surface area contributed by atoms with E-state index < -0.39 is 15.7 Å². The van der Waals surface area contributed by atoms with Crippen LogP contribution in [-0.2, 0) is 14.6 Å². The molecule has 0 spiro atoms. The Kier molecular flexibility index (Phi) is 6.33. The second-order valence-corrected chi connectivity index (χ2v) is 10.9. The number of anilines is 2. The Bertz CT molecular complexity index is 1120. The molecule has 7 nitrogen and oxygen atoms in total. The minimum atomic E-state index is -3.82. The molecule has 12 heteroatoms. The lowest BCUT2D eigenvalue weighted by Gasteiger charge is -2.07. The number of sulfone groups is 1. The van der Waals surface area contributed by atoms with Crippen LogP contribution in [0.15, 0.2) is 60.6 Å². The minimum Gasteiger partial charge on any atom is -0.382 e. The number of hydrogen-bond acceptors (Lipinski definition) is 8. The van der Waals surface area contributed by atoms with Gasteiger partial charge in [-0.3, -0.25) is 4.79 Å². The molecule has 2 aromatic heterocycles. The normalized spacial score (nSPS) is 11.4. The fraction of sp³-hybridized carbons (Fsp3) is 0.0625. The van der Waals surface area contributed by atoms with Gasteiger partial charge in [-0.2, -0.15) is 0 Å². The molecule has 0 aliphatic rings. The number of carbonyl (C=O) groups excluding carboxylic acids is 1. The topological polar surface area (TPSA) is 115 Å². The molecule has 28 heavy (non-hydrogen) atoms. The highest BCUT2D eigenvalue weighted by atomic mass is 79.9. The number of nitrogens with two attached hydrogens (primary N) is 1. The first-order valence-corrected chi connectivity index (χ1v) is 11.6. The first-order valence-electron chi connectivity index (χ1n) is 7.57. The lowest BCUT2D eigenvalue weighted by molar-refractivity contribution is -0.113. The molecule has 0 saturated carbocycles. The molecule has 146 valence electrons. The van der Waals surface area contributed by atoms with Crippen molar-refractivity contribution in [3.8, 4) is 0 Å². The van der Waals surface area contributed by atoms with Crippen LogP contribution in [0.3, 0.4) is 0 Å².